The molecule has 0 unspecified atom stereocenters. The van der Waals surface area contributed by atoms with Gasteiger partial charge in [0, 0.05) is 24.9 Å². The van der Waals surface area contributed by atoms with Gasteiger partial charge in [0.25, 0.3) is 0 Å². The van der Waals surface area contributed by atoms with Gasteiger partial charge < -0.3 is 10.1 Å². The van der Waals surface area contributed by atoms with E-state index in [1.807, 2.05) is 6.92 Å². The fourth-order valence-electron chi connectivity index (χ4n) is 1.53. The van der Waals surface area contributed by atoms with Gasteiger partial charge in [0.1, 0.15) is 23.1 Å². The van der Waals surface area contributed by atoms with Crippen LogP contribution >= 0.6 is 0 Å². The second-order valence-corrected chi connectivity index (χ2v) is 3.92. The second-order valence-electron chi connectivity index (χ2n) is 3.92. The van der Waals surface area contributed by atoms with Gasteiger partial charge in [-0.2, -0.15) is 0 Å². The molecule has 2 rings (SSSR count). The lowest BCUT2D eigenvalue weighted by molar-refractivity contribution is 0.475. The van der Waals surface area contributed by atoms with Crippen LogP contribution in [-0.2, 0) is 0 Å². The molecule has 0 aliphatic carbocycles. The smallest absolute Gasteiger partial charge is 0.132 e. The second kappa shape index (κ2) is 5.49. The Morgan fingerprint density at radius 1 is 1.22 bits per heavy atom. The summed E-state index contributed by atoms with van der Waals surface area (Å²) in [6.45, 7) is 4.50. The molecule has 3 nitrogen and oxygen atoms in total. The van der Waals surface area contributed by atoms with Crippen LogP contribution in [0.2, 0.25) is 0 Å². The van der Waals surface area contributed by atoms with Gasteiger partial charge in [-0.3, -0.25) is 0 Å². The molecule has 0 aliphatic heterocycles. The van der Waals surface area contributed by atoms with E-state index >= 15 is 0 Å². The van der Waals surface area contributed by atoms with Gasteiger partial charge in [-0.05, 0) is 31.5 Å². The van der Waals surface area contributed by atoms with Crippen molar-refractivity contribution in [1.82, 2.24) is 4.98 Å². The Balaban J connectivity index is 2.17. The average Bonchev–Trinajstić information content (AvgIpc) is 2.35. The van der Waals surface area contributed by atoms with Crippen molar-refractivity contribution < 1.29 is 9.13 Å². The molecule has 0 atom stereocenters. The first-order chi connectivity index (χ1) is 8.69. The molecule has 0 aliphatic rings. The van der Waals surface area contributed by atoms with Gasteiger partial charge in [0.15, 0.2) is 0 Å². The zero-order valence-electron chi connectivity index (χ0n) is 10.4. The molecule has 18 heavy (non-hydrogen) atoms. The van der Waals surface area contributed by atoms with Crippen molar-refractivity contribution in [2.75, 3.05) is 11.9 Å². The number of rotatable bonds is 4. The van der Waals surface area contributed by atoms with E-state index in [2.05, 4.69) is 10.3 Å². The Morgan fingerprint density at radius 3 is 2.72 bits per heavy atom. The van der Waals surface area contributed by atoms with Crippen molar-refractivity contribution in [3.63, 3.8) is 0 Å². The van der Waals surface area contributed by atoms with Gasteiger partial charge in [-0.15, -0.1) is 0 Å². The first-order valence-corrected chi connectivity index (χ1v) is 5.83. The number of nitrogens with one attached hydrogen (secondary N) is 1. The zero-order valence-corrected chi connectivity index (χ0v) is 10.4. The van der Waals surface area contributed by atoms with Gasteiger partial charge >= 0.3 is 0 Å². The Hall–Kier alpha value is -2.10. The van der Waals surface area contributed by atoms with Crippen LogP contribution in [-0.4, -0.2) is 11.5 Å². The SMILES string of the molecule is CCNc1cc(Oc2ccc(C)c(F)c2)ccn1. The maximum atomic E-state index is 13.4. The van der Waals surface area contributed by atoms with E-state index in [0.29, 0.717) is 17.1 Å². The number of ether oxygens (including phenoxy) is 1. The molecule has 0 radical (unpaired) electrons. The number of pyridine rings is 1. The number of aromatic nitrogens is 1. The molecule has 0 amide bonds. The highest BCUT2D eigenvalue weighted by Gasteiger charge is 2.03. The summed E-state index contributed by atoms with van der Waals surface area (Å²) < 4.78 is 19.0. The van der Waals surface area contributed by atoms with E-state index in [1.165, 1.54) is 6.07 Å². The molecule has 1 aromatic heterocycles. The molecule has 0 saturated carbocycles. The van der Waals surface area contributed by atoms with Gasteiger partial charge in [0.05, 0.1) is 0 Å². The zero-order chi connectivity index (χ0) is 13.0. The third-order valence-corrected chi connectivity index (χ3v) is 2.47. The number of nitrogens with zero attached hydrogens (tertiary/aromatic N) is 1. The van der Waals surface area contributed by atoms with Crippen molar-refractivity contribution in [3.8, 4) is 11.5 Å². The fraction of sp³-hybridized carbons (Fsp3) is 0.214. The first-order valence-electron chi connectivity index (χ1n) is 5.83. The van der Waals surface area contributed by atoms with Crippen molar-refractivity contribution in [2.45, 2.75) is 13.8 Å². The Bertz CT molecular complexity index is 543. The van der Waals surface area contributed by atoms with Crippen LogP contribution in [0, 0.1) is 12.7 Å². The largest absolute Gasteiger partial charge is 0.457 e. The molecule has 1 N–H and O–H groups in total. The quantitative estimate of drug-likeness (QED) is 0.892. The molecule has 1 heterocycles. The minimum Gasteiger partial charge on any atom is -0.457 e. The van der Waals surface area contributed by atoms with Crippen molar-refractivity contribution in [3.05, 3.63) is 47.9 Å². The van der Waals surface area contributed by atoms with Crippen molar-refractivity contribution in [2.24, 2.45) is 0 Å². The van der Waals surface area contributed by atoms with Gasteiger partial charge in [-0.1, -0.05) is 6.07 Å². The Kier molecular flexibility index (Phi) is 3.77. The molecule has 1 aromatic carbocycles. The van der Waals surface area contributed by atoms with Gasteiger partial charge in [0.2, 0.25) is 0 Å². The average molecular weight is 246 g/mol. The molecular weight excluding hydrogens is 231 g/mol. The predicted octanol–water partition coefficient (Wildman–Crippen LogP) is 3.75. The fourth-order valence-corrected chi connectivity index (χ4v) is 1.53. The highest BCUT2D eigenvalue weighted by Crippen LogP contribution is 2.24. The summed E-state index contributed by atoms with van der Waals surface area (Å²) in [4.78, 5) is 4.14. The van der Waals surface area contributed by atoms with Crippen LogP contribution in [0.3, 0.4) is 0 Å². The van der Waals surface area contributed by atoms with Gasteiger partial charge in [-0.25, -0.2) is 9.37 Å². The molecule has 0 saturated heterocycles. The molecule has 4 heteroatoms. The maximum absolute atomic E-state index is 13.4. The van der Waals surface area contributed by atoms with Crippen molar-refractivity contribution >= 4 is 5.82 Å². The van der Waals surface area contributed by atoms with Crippen LogP contribution in [0.4, 0.5) is 10.2 Å². The van der Waals surface area contributed by atoms with Crippen LogP contribution in [0.5, 0.6) is 11.5 Å². The Morgan fingerprint density at radius 2 is 2.00 bits per heavy atom. The summed E-state index contributed by atoms with van der Waals surface area (Å²) in [5, 5.41) is 3.09. The number of anilines is 1. The van der Waals surface area contributed by atoms with E-state index in [1.54, 1.807) is 37.4 Å². The number of halogens is 1. The minimum atomic E-state index is -0.270. The summed E-state index contributed by atoms with van der Waals surface area (Å²) in [6, 6.07) is 8.32. The summed E-state index contributed by atoms with van der Waals surface area (Å²) in [7, 11) is 0. The number of aryl methyl sites for hydroxylation is 1. The molecule has 0 bridgehead atoms. The lowest BCUT2D eigenvalue weighted by atomic mass is 10.2. The normalized spacial score (nSPS) is 10.2. The third-order valence-electron chi connectivity index (χ3n) is 2.47. The van der Waals surface area contributed by atoms with E-state index < -0.39 is 0 Å². The summed E-state index contributed by atoms with van der Waals surface area (Å²) in [5.74, 6) is 1.58. The highest BCUT2D eigenvalue weighted by atomic mass is 19.1. The molecule has 94 valence electrons. The molecule has 0 fully saturated rings. The van der Waals surface area contributed by atoms with Crippen molar-refractivity contribution in [1.29, 1.82) is 0 Å². The third kappa shape index (κ3) is 2.97. The topological polar surface area (TPSA) is 34.1 Å². The van der Waals surface area contributed by atoms with E-state index in [0.717, 1.165) is 12.4 Å². The summed E-state index contributed by atoms with van der Waals surface area (Å²) in [5.41, 5.74) is 0.602. The van der Waals surface area contributed by atoms with Crippen LogP contribution < -0.4 is 10.1 Å². The first kappa shape index (κ1) is 12.4. The summed E-state index contributed by atoms with van der Waals surface area (Å²) in [6.07, 6.45) is 1.65. The summed E-state index contributed by atoms with van der Waals surface area (Å²) >= 11 is 0. The van der Waals surface area contributed by atoms with Crippen LogP contribution in [0.25, 0.3) is 0 Å². The van der Waals surface area contributed by atoms with E-state index in [9.17, 15) is 4.39 Å². The molecule has 2 aromatic rings. The van der Waals surface area contributed by atoms with E-state index in [-0.39, 0.29) is 5.82 Å². The Labute approximate surface area is 106 Å². The van der Waals surface area contributed by atoms with Crippen LogP contribution in [0.1, 0.15) is 12.5 Å². The predicted molar refractivity (Wildman–Crippen MR) is 69.6 cm³/mol. The lowest BCUT2D eigenvalue weighted by Crippen LogP contribution is -1.98. The molecular formula is C14H15FN2O. The number of hydrogen-bond acceptors (Lipinski definition) is 3. The maximum Gasteiger partial charge on any atom is 0.132 e. The number of benzene rings is 1. The minimum absolute atomic E-state index is 0.270. The molecule has 0 spiro atoms. The monoisotopic (exact) mass is 246 g/mol. The van der Waals surface area contributed by atoms with E-state index in [4.69, 9.17) is 4.74 Å². The lowest BCUT2D eigenvalue weighted by Gasteiger charge is -2.08. The highest BCUT2D eigenvalue weighted by molar-refractivity contribution is 5.42. The number of hydrogen-bond donors (Lipinski definition) is 1. The van der Waals surface area contributed by atoms with Crippen LogP contribution in [0.15, 0.2) is 36.5 Å². The standard InChI is InChI=1S/C14H15FN2O/c1-3-16-14-9-12(6-7-17-14)18-11-5-4-10(2)13(15)8-11/h4-9H,3H2,1-2H3,(H,16,17).